The van der Waals surface area contributed by atoms with Gasteiger partial charge in [0.2, 0.25) is 11.8 Å². The molecule has 2 heterocycles. The summed E-state index contributed by atoms with van der Waals surface area (Å²) in [5.41, 5.74) is 1.79. The molecular formula is C20H22ClN3O2. The lowest BCUT2D eigenvalue weighted by Crippen LogP contribution is -2.41. The summed E-state index contributed by atoms with van der Waals surface area (Å²) in [5.74, 6) is -0.119. The highest BCUT2D eigenvalue weighted by Crippen LogP contribution is 2.23. The zero-order valence-electron chi connectivity index (χ0n) is 14.5. The molecule has 1 saturated heterocycles. The smallest absolute Gasteiger partial charge is 0.240 e. The third kappa shape index (κ3) is 4.82. The summed E-state index contributed by atoms with van der Waals surface area (Å²) in [4.78, 5) is 30.6. The van der Waals surface area contributed by atoms with Crippen LogP contribution in [0.15, 0.2) is 48.8 Å². The lowest BCUT2D eigenvalue weighted by molar-refractivity contribution is -0.135. The minimum atomic E-state index is -0.337. The van der Waals surface area contributed by atoms with Crippen molar-refractivity contribution in [3.8, 4) is 0 Å². The van der Waals surface area contributed by atoms with Crippen LogP contribution in [0.2, 0.25) is 5.02 Å². The van der Waals surface area contributed by atoms with Crippen molar-refractivity contribution in [3.63, 3.8) is 0 Å². The van der Waals surface area contributed by atoms with E-state index in [-0.39, 0.29) is 24.4 Å². The average molecular weight is 372 g/mol. The van der Waals surface area contributed by atoms with Gasteiger partial charge in [0.05, 0.1) is 12.6 Å². The van der Waals surface area contributed by atoms with Gasteiger partial charge in [-0.3, -0.25) is 14.6 Å². The standard InChI is InChI=1S/C20H22ClN3O2/c21-17-9-7-15(8-10-17)20(16-5-4-11-22-13-16)23-18(25)14-24-12-3-1-2-6-19(24)26/h4-5,7-11,13,20H,1-3,6,12,14H2,(H,23,25). The maximum atomic E-state index is 12.6. The van der Waals surface area contributed by atoms with Gasteiger partial charge in [-0.1, -0.05) is 36.2 Å². The number of likely N-dealkylation sites (tertiary alicyclic amines) is 1. The SMILES string of the molecule is O=C(CN1CCCCCC1=O)NC(c1ccc(Cl)cc1)c1cccnc1. The van der Waals surface area contributed by atoms with E-state index < -0.39 is 0 Å². The molecule has 0 spiro atoms. The number of amides is 2. The number of halogens is 1. The average Bonchev–Trinajstić information content (AvgIpc) is 2.86. The van der Waals surface area contributed by atoms with Gasteiger partial charge >= 0.3 is 0 Å². The van der Waals surface area contributed by atoms with E-state index in [9.17, 15) is 9.59 Å². The maximum Gasteiger partial charge on any atom is 0.240 e. The van der Waals surface area contributed by atoms with E-state index >= 15 is 0 Å². The van der Waals surface area contributed by atoms with E-state index in [1.165, 1.54) is 0 Å². The van der Waals surface area contributed by atoms with Gasteiger partial charge in [-0.25, -0.2) is 0 Å². The van der Waals surface area contributed by atoms with Crippen LogP contribution in [0.5, 0.6) is 0 Å². The van der Waals surface area contributed by atoms with Gasteiger partial charge in [-0.2, -0.15) is 0 Å². The largest absolute Gasteiger partial charge is 0.344 e. The van der Waals surface area contributed by atoms with Gasteiger partial charge in [0.1, 0.15) is 0 Å². The fourth-order valence-electron chi connectivity index (χ4n) is 3.15. The Morgan fingerprint density at radius 2 is 1.96 bits per heavy atom. The van der Waals surface area contributed by atoms with E-state index in [1.807, 2.05) is 24.3 Å². The van der Waals surface area contributed by atoms with Crippen LogP contribution in [0.25, 0.3) is 0 Å². The molecule has 2 aromatic rings. The molecule has 1 fully saturated rings. The van der Waals surface area contributed by atoms with Crippen molar-refractivity contribution < 1.29 is 9.59 Å². The van der Waals surface area contributed by atoms with Crippen molar-refractivity contribution in [2.24, 2.45) is 0 Å². The lowest BCUT2D eigenvalue weighted by atomic mass is 10.00. The van der Waals surface area contributed by atoms with Crippen LogP contribution in [0, 0.1) is 0 Å². The fourth-order valence-corrected chi connectivity index (χ4v) is 3.27. The molecule has 6 heteroatoms. The summed E-state index contributed by atoms with van der Waals surface area (Å²) < 4.78 is 0. The second-order valence-corrected chi connectivity index (χ2v) is 6.90. The summed E-state index contributed by atoms with van der Waals surface area (Å²) in [6.45, 7) is 0.730. The zero-order valence-corrected chi connectivity index (χ0v) is 15.3. The number of carbonyl (C=O) groups excluding carboxylic acids is 2. The molecule has 1 aromatic carbocycles. The summed E-state index contributed by atoms with van der Waals surface area (Å²) in [5, 5.41) is 3.68. The fraction of sp³-hybridized carbons (Fsp3) is 0.350. The number of nitrogens with zero attached hydrogens (tertiary/aromatic N) is 2. The molecule has 1 atom stereocenters. The molecule has 0 saturated carbocycles. The minimum absolute atomic E-state index is 0.0575. The molecule has 26 heavy (non-hydrogen) atoms. The van der Waals surface area contributed by atoms with Crippen molar-refractivity contribution in [2.45, 2.75) is 31.7 Å². The van der Waals surface area contributed by atoms with Crippen LogP contribution in [-0.2, 0) is 9.59 Å². The van der Waals surface area contributed by atoms with Crippen molar-refractivity contribution in [1.82, 2.24) is 15.2 Å². The molecule has 0 radical (unpaired) electrons. The molecule has 1 aliphatic heterocycles. The van der Waals surface area contributed by atoms with Crippen LogP contribution in [0.3, 0.4) is 0 Å². The zero-order chi connectivity index (χ0) is 18.4. The molecule has 5 nitrogen and oxygen atoms in total. The van der Waals surface area contributed by atoms with Gasteiger partial charge < -0.3 is 10.2 Å². The van der Waals surface area contributed by atoms with Crippen molar-refractivity contribution in [1.29, 1.82) is 0 Å². The molecule has 1 aromatic heterocycles. The number of aromatic nitrogens is 1. The van der Waals surface area contributed by atoms with Gasteiger partial charge in [0, 0.05) is 30.4 Å². The van der Waals surface area contributed by atoms with Crippen molar-refractivity contribution in [2.75, 3.05) is 13.1 Å². The molecular weight excluding hydrogens is 350 g/mol. The van der Waals surface area contributed by atoms with Crippen LogP contribution in [0.1, 0.15) is 42.9 Å². The third-order valence-electron chi connectivity index (χ3n) is 4.53. The Morgan fingerprint density at radius 1 is 1.15 bits per heavy atom. The van der Waals surface area contributed by atoms with Crippen molar-refractivity contribution >= 4 is 23.4 Å². The highest BCUT2D eigenvalue weighted by atomic mass is 35.5. The Morgan fingerprint density at radius 3 is 2.69 bits per heavy atom. The van der Waals surface area contributed by atoms with E-state index in [2.05, 4.69) is 10.3 Å². The summed E-state index contributed by atoms with van der Waals surface area (Å²) in [6.07, 6.45) is 6.84. The first kappa shape index (κ1) is 18.4. The van der Waals surface area contributed by atoms with Gasteiger partial charge in [-0.05, 0) is 42.2 Å². The van der Waals surface area contributed by atoms with Crippen LogP contribution >= 0.6 is 11.6 Å². The number of hydrogen-bond acceptors (Lipinski definition) is 3. The molecule has 1 aliphatic rings. The Labute approximate surface area is 158 Å². The quantitative estimate of drug-likeness (QED) is 0.876. The Kier molecular flexibility index (Phi) is 6.23. The number of hydrogen-bond donors (Lipinski definition) is 1. The minimum Gasteiger partial charge on any atom is -0.344 e. The van der Waals surface area contributed by atoms with E-state index in [0.29, 0.717) is 18.0 Å². The number of nitrogens with one attached hydrogen (secondary N) is 1. The Balaban J connectivity index is 1.76. The van der Waals surface area contributed by atoms with Crippen LogP contribution in [-0.4, -0.2) is 34.8 Å². The molecule has 0 aliphatic carbocycles. The number of rotatable bonds is 5. The number of pyridine rings is 1. The lowest BCUT2D eigenvalue weighted by Gasteiger charge is -2.23. The molecule has 1 unspecified atom stereocenters. The normalized spacial score (nSPS) is 16.0. The molecule has 2 amide bonds. The first-order chi connectivity index (χ1) is 12.6. The second kappa shape index (κ2) is 8.81. The summed E-state index contributed by atoms with van der Waals surface area (Å²) in [6, 6.07) is 10.8. The Hall–Kier alpha value is -2.40. The predicted molar refractivity (Wildman–Crippen MR) is 101 cm³/mol. The molecule has 0 bridgehead atoms. The van der Waals surface area contributed by atoms with Gasteiger partial charge in [-0.15, -0.1) is 0 Å². The van der Waals surface area contributed by atoms with Crippen LogP contribution < -0.4 is 5.32 Å². The first-order valence-corrected chi connectivity index (χ1v) is 9.24. The highest BCUT2D eigenvalue weighted by molar-refractivity contribution is 6.30. The Bertz CT molecular complexity index is 749. The molecule has 1 N–H and O–H groups in total. The van der Waals surface area contributed by atoms with Crippen molar-refractivity contribution in [3.05, 3.63) is 64.9 Å². The summed E-state index contributed by atoms with van der Waals surface area (Å²) >= 11 is 5.98. The third-order valence-corrected chi connectivity index (χ3v) is 4.78. The molecule has 136 valence electrons. The highest BCUT2D eigenvalue weighted by Gasteiger charge is 2.22. The molecule has 3 rings (SSSR count). The predicted octanol–water partition coefficient (Wildman–Crippen LogP) is 3.34. The summed E-state index contributed by atoms with van der Waals surface area (Å²) in [7, 11) is 0. The van der Waals surface area contributed by atoms with Gasteiger partial charge in [0.25, 0.3) is 0 Å². The number of carbonyl (C=O) groups is 2. The van der Waals surface area contributed by atoms with Gasteiger partial charge in [0.15, 0.2) is 0 Å². The monoisotopic (exact) mass is 371 g/mol. The maximum absolute atomic E-state index is 12.6. The second-order valence-electron chi connectivity index (χ2n) is 6.46. The van der Waals surface area contributed by atoms with E-state index in [4.69, 9.17) is 11.6 Å². The number of benzene rings is 1. The van der Waals surface area contributed by atoms with E-state index in [0.717, 1.165) is 30.4 Å². The topological polar surface area (TPSA) is 62.3 Å². The van der Waals surface area contributed by atoms with Crippen LogP contribution in [0.4, 0.5) is 0 Å². The van der Waals surface area contributed by atoms with E-state index in [1.54, 1.807) is 29.4 Å². The first-order valence-electron chi connectivity index (χ1n) is 8.86.